The second-order valence-corrected chi connectivity index (χ2v) is 6.80. The number of aromatic nitrogens is 1. The van der Waals surface area contributed by atoms with Crippen LogP contribution in [0.2, 0.25) is 0 Å². The van der Waals surface area contributed by atoms with Crippen LogP contribution in [0.1, 0.15) is 55.7 Å². The molecule has 25 heavy (non-hydrogen) atoms. The molecule has 1 fully saturated rings. The largest absolute Gasteiger partial charge is 0.389 e. The first kappa shape index (κ1) is 17.5. The zero-order chi connectivity index (χ0) is 17.7. The number of halogens is 1. The Morgan fingerprint density at radius 2 is 1.88 bits per heavy atom. The average molecular weight is 342 g/mol. The third-order valence-corrected chi connectivity index (χ3v) is 4.80. The van der Waals surface area contributed by atoms with Crippen LogP contribution in [-0.2, 0) is 4.79 Å². The van der Waals surface area contributed by atoms with Gasteiger partial charge in [0.1, 0.15) is 5.82 Å². The lowest BCUT2D eigenvalue weighted by atomic mass is 9.82. The van der Waals surface area contributed by atoms with E-state index in [0.29, 0.717) is 12.8 Å². The Bertz CT molecular complexity index is 697. The molecule has 1 atom stereocenters. The highest BCUT2D eigenvalue weighted by atomic mass is 19.1. The second-order valence-electron chi connectivity index (χ2n) is 6.80. The third-order valence-electron chi connectivity index (χ3n) is 4.80. The molecule has 1 amide bonds. The maximum absolute atomic E-state index is 13.2. The van der Waals surface area contributed by atoms with Gasteiger partial charge in [-0.3, -0.25) is 9.78 Å². The highest BCUT2D eigenvalue weighted by Gasteiger charge is 2.32. The molecule has 1 saturated carbocycles. The van der Waals surface area contributed by atoms with Gasteiger partial charge in [-0.15, -0.1) is 0 Å². The van der Waals surface area contributed by atoms with Gasteiger partial charge >= 0.3 is 0 Å². The Balaban J connectivity index is 1.77. The summed E-state index contributed by atoms with van der Waals surface area (Å²) in [5.74, 6) is -0.529. The Morgan fingerprint density at radius 3 is 2.52 bits per heavy atom. The molecule has 0 bridgehead atoms. The van der Waals surface area contributed by atoms with Crippen LogP contribution in [0.15, 0.2) is 48.8 Å². The number of pyridine rings is 1. The van der Waals surface area contributed by atoms with Crippen LogP contribution in [0.3, 0.4) is 0 Å². The van der Waals surface area contributed by atoms with E-state index in [-0.39, 0.29) is 18.1 Å². The van der Waals surface area contributed by atoms with Gasteiger partial charge in [-0.05, 0) is 42.2 Å². The van der Waals surface area contributed by atoms with Crippen molar-refractivity contribution < 1.29 is 14.3 Å². The Morgan fingerprint density at radius 1 is 1.16 bits per heavy atom. The molecule has 1 heterocycles. The van der Waals surface area contributed by atoms with Crippen molar-refractivity contribution in [3.63, 3.8) is 0 Å². The first-order valence-electron chi connectivity index (χ1n) is 8.73. The van der Waals surface area contributed by atoms with Crippen molar-refractivity contribution in [1.82, 2.24) is 10.3 Å². The fourth-order valence-corrected chi connectivity index (χ4v) is 3.46. The summed E-state index contributed by atoms with van der Waals surface area (Å²) in [6.45, 7) is 0. The van der Waals surface area contributed by atoms with Gasteiger partial charge in [-0.25, -0.2) is 4.39 Å². The minimum atomic E-state index is -0.912. The number of rotatable bonds is 5. The van der Waals surface area contributed by atoms with E-state index in [4.69, 9.17) is 0 Å². The van der Waals surface area contributed by atoms with Crippen LogP contribution in [0.25, 0.3) is 0 Å². The first-order chi connectivity index (χ1) is 12.1. The van der Waals surface area contributed by atoms with E-state index >= 15 is 0 Å². The number of carbonyl (C=O) groups is 1. The van der Waals surface area contributed by atoms with E-state index in [9.17, 15) is 14.3 Å². The lowest BCUT2D eigenvalue weighted by Crippen LogP contribution is -2.39. The van der Waals surface area contributed by atoms with Gasteiger partial charge < -0.3 is 10.4 Å². The number of nitrogens with one attached hydrogen (secondary N) is 1. The van der Waals surface area contributed by atoms with Crippen LogP contribution in [0.5, 0.6) is 0 Å². The predicted molar refractivity (Wildman–Crippen MR) is 93.3 cm³/mol. The molecule has 0 radical (unpaired) electrons. The van der Waals surface area contributed by atoms with Crippen molar-refractivity contribution in [2.45, 2.75) is 50.2 Å². The standard InChI is InChI=1S/C20H23FN2O2/c21-17-8-6-15(7-9-17)19(16-5-4-12-22-14-16)23-18(24)13-20(25)10-2-1-3-11-20/h4-9,12,14,19,25H,1-3,10-11,13H2,(H,23,24). The molecule has 3 rings (SSSR count). The van der Waals surface area contributed by atoms with Crippen LogP contribution >= 0.6 is 0 Å². The SMILES string of the molecule is O=C(CC1(O)CCCCC1)NC(c1ccc(F)cc1)c1cccnc1. The fourth-order valence-electron chi connectivity index (χ4n) is 3.46. The normalized spacial score (nSPS) is 17.7. The molecule has 1 aromatic heterocycles. The molecular formula is C20H23FN2O2. The average Bonchev–Trinajstić information content (AvgIpc) is 2.61. The van der Waals surface area contributed by atoms with Crippen molar-refractivity contribution in [2.24, 2.45) is 0 Å². The maximum atomic E-state index is 13.2. The van der Waals surface area contributed by atoms with Crippen molar-refractivity contribution in [1.29, 1.82) is 0 Å². The summed E-state index contributed by atoms with van der Waals surface area (Å²) in [5.41, 5.74) is 0.682. The van der Waals surface area contributed by atoms with E-state index < -0.39 is 11.6 Å². The summed E-state index contributed by atoms with van der Waals surface area (Å²) in [7, 11) is 0. The van der Waals surface area contributed by atoms with Crippen LogP contribution in [0.4, 0.5) is 4.39 Å². The highest BCUT2D eigenvalue weighted by Crippen LogP contribution is 2.31. The van der Waals surface area contributed by atoms with E-state index in [2.05, 4.69) is 10.3 Å². The molecule has 1 unspecified atom stereocenters. The maximum Gasteiger partial charge on any atom is 0.223 e. The Kier molecular flexibility index (Phi) is 5.43. The number of amides is 1. The van der Waals surface area contributed by atoms with Gasteiger partial charge in [0.25, 0.3) is 0 Å². The molecule has 2 aromatic rings. The summed E-state index contributed by atoms with van der Waals surface area (Å²) in [6.07, 6.45) is 7.77. The first-order valence-corrected chi connectivity index (χ1v) is 8.73. The minimum Gasteiger partial charge on any atom is -0.389 e. The molecule has 1 aliphatic rings. The smallest absolute Gasteiger partial charge is 0.223 e. The van der Waals surface area contributed by atoms with Gasteiger partial charge in [0, 0.05) is 12.4 Å². The zero-order valence-corrected chi connectivity index (χ0v) is 14.1. The number of aliphatic hydroxyl groups is 1. The van der Waals surface area contributed by atoms with Gasteiger partial charge in [-0.1, -0.05) is 37.5 Å². The molecule has 0 aliphatic heterocycles. The molecule has 1 aliphatic carbocycles. The van der Waals surface area contributed by atoms with Gasteiger partial charge in [0.15, 0.2) is 0 Å². The Labute approximate surface area is 147 Å². The zero-order valence-electron chi connectivity index (χ0n) is 14.1. The van der Waals surface area contributed by atoms with Crippen molar-refractivity contribution >= 4 is 5.91 Å². The van der Waals surface area contributed by atoms with Crippen molar-refractivity contribution in [3.8, 4) is 0 Å². The number of benzene rings is 1. The summed E-state index contributed by atoms with van der Waals surface area (Å²) < 4.78 is 13.2. The van der Waals surface area contributed by atoms with Crippen molar-refractivity contribution in [2.75, 3.05) is 0 Å². The molecule has 0 saturated heterocycles. The monoisotopic (exact) mass is 342 g/mol. The van der Waals surface area contributed by atoms with Crippen LogP contribution in [-0.4, -0.2) is 21.6 Å². The quantitative estimate of drug-likeness (QED) is 0.874. The fraction of sp³-hybridized carbons (Fsp3) is 0.400. The Hall–Kier alpha value is -2.27. The highest BCUT2D eigenvalue weighted by molar-refractivity contribution is 5.78. The molecular weight excluding hydrogens is 319 g/mol. The van der Waals surface area contributed by atoms with E-state index in [1.54, 1.807) is 30.6 Å². The summed E-state index contributed by atoms with van der Waals surface area (Å²) in [5, 5.41) is 13.6. The van der Waals surface area contributed by atoms with Gasteiger partial charge in [0.2, 0.25) is 5.91 Å². The van der Waals surface area contributed by atoms with Gasteiger partial charge in [-0.2, -0.15) is 0 Å². The lowest BCUT2D eigenvalue weighted by molar-refractivity contribution is -0.128. The van der Waals surface area contributed by atoms with Crippen LogP contribution < -0.4 is 5.32 Å². The third kappa shape index (κ3) is 4.63. The number of carbonyl (C=O) groups excluding carboxylic acids is 1. The van der Waals surface area contributed by atoms with E-state index in [1.165, 1.54) is 12.1 Å². The van der Waals surface area contributed by atoms with Gasteiger partial charge in [0.05, 0.1) is 18.1 Å². The van der Waals surface area contributed by atoms with E-state index in [1.807, 2.05) is 6.07 Å². The van der Waals surface area contributed by atoms with Crippen LogP contribution in [0, 0.1) is 5.82 Å². The molecule has 4 nitrogen and oxygen atoms in total. The second kappa shape index (κ2) is 7.74. The van der Waals surface area contributed by atoms with E-state index in [0.717, 1.165) is 30.4 Å². The summed E-state index contributed by atoms with van der Waals surface area (Å²) in [4.78, 5) is 16.7. The topological polar surface area (TPSA) is 62.2 Å². The lowest BCUT2D eigenvalue weighted by Gasteiger charge is -2.32. The number of hydrogen-bond donors (Lipinski definition) is 2. The predicted octanol–water partition coefficient (Wildman–Crippen LogP) is 3.51. The molecule has 132 valence electrons. The molecule has 5 heteroatoms. The summed E-state index contributed by atoms with van der Waals surface area (Å²) >= 11 is 0. The summed E-state index contributed by atoms with van der Waals surface area (Å²) in [6, 6.07) is 9.31. The molecule has 1 aromatic carbocycles. The number of hydrogen-bond acceptors (Lipinski definition) is 3. The van der Waals surface area contributed by atoms with Crippen molar-refractivity contribution in [3.05, 3.63) is 65.7 Å². The minimum absolute atomic E-state index is 0.0883. The number of nitrogens with zero attached hydrogens (tertiary/aromatic N) is 1. The molecule has 0 spiro atoms. The molecule has 2 N–H and O–H groups in total.